The molecule has 2 atom stereocenters. The van der Waals surface area contributed by atoms with E-state index in [2.05, 4.69) is 25.2 Å². The topological polar surface area (TPSA) is 173 Å². The lowest BCUT2D eigenvalue weighted by Gasteiger charge is -2.74. The summed E-state index contributed by atoms with van der Waals surface area (Å²) < 4.78 is 7.19. The lowest BCUT2D eigenvalue weighted by atomic mass is 9.33. The van der Waals surface area contributed by atoms with Crippen molar-refractivity contribution in [2.24, 2.45) is 11.3 Å². The molecule has 0 unspecified atom stereocenters. The van der Waals surface area contributed by atoms with E-state index in [0.717, 1.165) is 38.0 Å². The van der Waals surface area contributed by atoms with Crippen LogP contribution in [0.1, 0.15) is 80.2 Å². The summed E-state index contributed by atoms with van der Waals surface area (Å²) in [6.45, 7) is 4.34. The molecule has 5 aliphatic carbocycles. The van der Waals surface area contributed by atoms with E-state index in [1.165, 1.54) is 37.5 Å². The zero-order valence-corrected chi connectivity index (χ0v) is 29.1. The minimum Gasteiger partial charge on any atom is -0.504 e. The molecule has 1 saturated heterocycles. The van der Waals surface area contributed by atoms with Crippen LogP contribution in [0.25, 0.3) is 16.9 Å². The van der Waals surface area contributed by atoms with Gasteiger partial charge in [-0.25, -0.2) is 15.0 Å². The summed E-state index contributed by atoms with van der Waals surface area (Å²) in [5.41, 5.74) is 2.64. The Hall–Kier alpha value is -5.08. The zero-order valence-electron chi connectivity index (χ0n) is 29.1. The van der Waals surface area contributed by atoms with Crippen LogP contribution in [-0.2, 0) is 17.8 Å². The van der Waals surface area contributed by atoms with Gasteiger partial charge in [0.2, 0.25) is 17.2 Å². The number of rotatable bonds is 9. The van der Waals surface area contributed by atoms with Gasteiger partial charge in [-0.3, -0.25) is 14.4 Å². The standard InChI is InChI=1S/C36H42N10O5/c1-4-23-30(43-12-13-44(25-9-8-24(25)43)34(50)29-31(48)20(2)38-19-39-29)32(49)28-33(42-46(41-28)22-10-11-37-27(14-22)51-3)45(23)15-26(47)40-36-16-35(17-36,18-36)21-6-5-7-21/h10-11,14,19,21,24-25,48H,4-9,12-13,15-18H2,1-3H3,(H,40,47)/t24-,25-,35?,36?/m0/s1. The first kappa shape index (κ1) is 31.9. The van der Waals surface area contributed by atoms with Crippen molar-refractivity contribution < 1.29 is 19.4 Å². The molecule has 2 N–H and O–H groups in total. The SMILES string of the molecule is CCc1c(N2CCN(C(=O)c3ncnc(C)c3O)[C@H]3CC[C@@H]32)c(=O)c2nn(-c3ccnc(OC)c3)nc2n1CC(=O)NC12CC(C3CCC3)(C1)C2. The van der Waals surface area contributed by atoms with Crippen molar-refractivity contribution in [1.82, 2.24) is 44.7 Å². The third-order valence-corrected chi connectivity index (χ3v) is 12.5. The second-order valence-electron chi connectivity index (χ2n) is 15.2. The van der Waals surface area contributed by atoms with Crippen molar-refractivity contribution in [1.29, 1.82) is 0 Å². The monoisotopic (exact) mass is 694 g/mol. The summed E-state index contributed by atoms with van der Waals surface area (Å²) in [5.74, 6) is 0.529. The molecular weight excluding hydrogens is 652 g/mol. The Labute approximate surface area is 294 Å². The molecule has 266 valence electrons. The Bertz CT molecular complexity index is 2140. The summed E-state index contributed by atoms with van der Waals surface area (Å²) in [7, 11) is 1.53. The fourth-order valence-electron chi connectivity index (χ4n) is 9.66. The van der Waals surface area contributed by atoms with Crippen LogP contribution in [0.2, 0.25) is 0 Å². The van der Waals surface area contributed by atoms with Crippen molar-refractivity contribution in [2.75, 3.05) is 25.1 Å². The number of methoxy groups -OCH3 is 1. The normalized spacial score (nSPS) is 26.4. The van der Waals surface area contributed by atoms with Gasteiger partial charge in [0.15, 0.2) is 22.6 Å². The molecule has 51 heavy (non-hydrogen) atoms. The van der Waals surface area contributed by atoms with E-state index >= 15 is 0 Å². The number of fused-ring (bicyclic) bond motifs is 2. The maximum atomic E-state index is 14.6. The molecule has 0 spiro atoms. The average molecular weight is 695 g/mol. The number of hydrogen-bond donors (Lipinski definition) is 2. The highest BCUT2D eigenvalue weighted by molar-refractivity contribution is 5.95. The summed E-state index contributed by atoms with van der Waals surface area (Å²) in [5, 5.41) is 23.4. The number of carbonyl (C=O) groups excluding carboxylic acids is 2. The van der Waals surface area contributed by atoms with Crippen molar-refractivity contribution in [3.63, 3.8) is 0 Å². The van der Waals surface area contributed by atoms with Crippen molar-refractivity contribution >= 4 is 28.7 Å². The molecule has 2 amide bonds. The molecule has 15 heteroatoms. The van der Waals surface area contributed by atoms with Gasteiger partial charge in [0.05, 0.1) is 24.5 Å². The highest BCUT2D eigenvalue weighted by Crippen LogP contribution is 2.73. The van der Waals surface area contributed by atoms with E-state index in [0.29, 0.717) is 59.2 Å². The van der Waals surface area contributed by atoms with Crippen LogP contribution in [-0.4, -0.2) is 94.2 Å². The Morgan fingerprint density at radius 2 is 1.84 bits per heavy atom. The van der Waals surface area contributed by atoms with Crippen LogP contribution >= 0.6 is 0 Å². The molecule has 0 radical (unpaired) electrons. The smallest absolute Gasteiger partial charge is 0.276 e. The number of nitrogens with one attached hydrogen (secondary N) is 1. The minimum atomic E-state index is -0.351. The first-order chi connectivity index (χ1) is 24.6. The van der Waals surface area contributed by atoms with E-state index in [1.807, 2.05) is 11.5 Å². The zero-order chi connectivity index (χ0) is 35.2. The second-order valence-corrected chi connectivity index (χ2v) is 15.2. The summed E-state index contributed by atoms with van der Waals surface area (Å²) in [4.78, 5) is 59.7. The number of pyridine rings is 2. The fraction of sp³-hybridized carbons (Fsp3) is 0.556. The van der Waals surface area contributed by atoms with E-state index in [1.54, 1.807) is 30.2 Å². The van der Waals surface area contributed by atoms with Gasteiger partial charge >= 0.3 is 0 Å². The van der Waals surface area contributed by atoms with Gasteiger partial charge in [0.25, 0.3) is 5.91 Å². The third-order valence-electron chi connectivity index (χ3n) is 12.5. The van der Waals surface area contributed by atoms with Crippen LogP contribution in [0.5, 0.6) is 11.6 Å². The number of piperazine rings is 1. The van der Waals surface area contributed by atoms with Crippen LogP contribution in [0.3, 0.4) is 0 Å². The summed E-state index contributed by atoms with van der Waals surface area (Å²) >= 11 is 0. The number of aromatic nitrogens is 7. The summed E-state index contributed by atoms with van der Waals surface area (Å²) in [6.07, 6.45) is 12.0. The van der Waals surface area contributed by atoms with E-state index in [9.17, 15) is 19.5 Å². The first-order valence-corrected chi connectivity index (χ1v) is 18.1. The second kappa shape index (κ2) is 11.5. The van der Waals surface area contributed by atoms with Crippen LogP contribution in [0, 0.1) is 18.3 Å². The van der Waals surface area contributed by atoms with Crippen molar-refractivity contribution in [2.45, 2.75) is 95.8 Å². The van der Waals surface area contributed by atoms with Gasteiger partial charge in [0, 0.05) is 42.6 Å². The molecule has 0 aromatic carbocycles. The molecule has 6 fully saturated rings. The number of hydrogen-bond acceptors (Lipinski definition) is 11. The van der Waals surface area contributed by atoms with Crippen LogP contribution < -0.4 is 20.4 Å². The number of aryl methyl sites for hydroxylation is 1. The predicted molar refractivity (Wildman–Crippen MR) is 185 cm³/mol. The molecule has 4 aromatic heterocycles. The van der Waals surface area contributed by atoms with Crippen molar-refractivity contribution in [3.8, 4) is 17.3 Å². The molecule has 10 rings (SSSR count). The number of aromatic hydroxyl groups is 1. The largest absolute Gasteiger partial charge is 0.504 e. The van der Waals surface area contributed by atoms with Gasteiger partial charge in [0.1, 0.15) is 18.6 Å². The number of amides is 2. The number of carbonyl (C=O) groups is 2. The van der Waals surface area contributed by atoms with Gasteiger partial charge in [-0.1, -0.05) is 13.3 Å². The molecule has 4 aromatic rings. The maximum absolute atomic E-state index is 14.6. The Morgan fingerprint density at radius 3 is 2.53 bits per heavy atom. The molecule has 15 nitrogen and oxygen atoms in total. The Balaban J connectivity index is 1.07. The Kier molecular flexibility index (Phi) is 7.17. The minimum absolute atomic E-state index is 0.00236. The Morgan fingerprint density at radius 1 is 1.06 bits per heavy atom. The molecular formula is C36H42N10O5. The first-order valence-electron chi connectivity index (χ1n) is 18.1. The van der Waals surface area contributed by atoms with Crippen LogP contribution in [0.15, 0.2) is 29.5 Å². The molecule has 2 bridgehead atoms. The highest BCUT2D eigenvalue weighted by Gasteiger charge is 2.71. The summed E-state index contributed by atoms with van der Waals surface area (Å²) in [6, 6.07) is 3.12. The number of anilines is 1. The highest BCUT2D eigenvalue weighted by atomic mass is 16.5. The number of nitrogens with zero attached hydrogens (tertiary/aromatic N) is 9. The van der Waals surface area contributed by atoms with E-state index in [-0.39, 0.29) is 58.4 Å². The predicted octanol–water partition coefficient (Wildman–Crippen LogP) is 2.68. The van der Waals surface area contributed by atoms with E-state index < -0.39 is 0 Å². The molecule has 5 saturated carbocycles. The van der Waals surface area contributed by atoms with Crippen LogP contribution in [0.4, 0.5) is 5.69 Å². The van der Waals surface area contributed by atoms with Gasteiger partial charge in [-0.2, -0.15) is 0 Å². The molecule has 1 aliphatic heterocycles. The fourth-order valence-corrected chi connectivity index (χ4v) is 9.66. The molecule has 6 aliphatic rings. The van der Waals surface area contributed by atoms with Gasteiger partial charge in [-0.15, -0.1) is 15.0 Å². The quantitative estimate of drug-likeness (QED) is 0.264. The number of ether oxygens (including phenoxy) is 1. The van der Waals surface area contributed by atoms with Gasteiger partial charge < -0.3 is 29.5 Å². The van der Waals surface area contributed by atoms with Gasteiger partial charge in [-0.05, 0) is 75.7 Å². The lowest BCUT2D eigenvalue weighted by molar-refractivity contribution is -0.208. The average Bonchev–Trinajstić information content (AvgIpc) is 3.51. The third kappa shape index (κ3) is 4.75. The molecule has 5 heterocycles. The van der Waals surface area contributed by atoms with E-state index in [4.69, 9.17) is 14.9 Å². The maximum Gasteiger partial charge on any atom is 0.276 e. The lowest BCUT2D eigenvalue weighted by Crippen LogP contribution is -2.77. The van der Waals surface area contributed by atoms with Crippen molar-refractivity contribution in [3.05, 3.63) is 52.0 Å².